The van der Waals surface area contributed by atoms with Gasteiger partial charge in [-0.05, 0) is 24.7 Å². The van der Waals surface area contributed by atoms with Crippen LogP contribution in [0.5, 0.6) is 0 Å². The van der Waals surface area contributed by atoms with Crippen molar-refractivity contribution in [2.45, 2.75) is 26.7 Å². The van der Waals surface area contributed by atoms with Gasteiger partial charge in [-0.3, -0.25) is 4.99 Å². The Morgan fingerprint density at radius 1 is 1.43 bits per heavy atom. The zero-order valence-corrected chi connectivity index (χ0v) is 9.29. The molecule has 0 aromatic carbocycles. The molecule has 0 bridgehead atoms. The van der Waals surface area contributed by atoms with E-state index in [0.29, 0.717) is 0 Å². The first-order chi connectivity index (χ1) is 6.77. The largest absolute Gasteiger partial charge is 0.354 e. The van der Waals surface area contributed by atoms with Crippen LogP contribution in [0.1, 0.15) is 28.1 Å². The normalized spacial score (nSPS) is 23.9. The van der Waals surface area contributed by atoms with Crippen molar-refractivity contribution in [3.05, 3.63) is 0 Å². The Morgan fingerprint density at radius 2 is 2.14 bits per heavy atom. The molecule has 0 amide bonds. The van der Waals surface area contributed by atoms with E-state index >= 15 is 0 Å². The molecule has 1 N–H and O–H groups in total. The minimum Gasteiger partial charge on any atom is -0.354 e. The summed E-state index contributed by atoms with van der Waals surface area (Å²) in [4.78, 5) is 6.87. The molecule has 3 heteroatoms. The van der Waals surface area contributed by atoms with Crippen molar-refractivity contribution < 1.29 is 1.43 Å². The minimum absolute atomic E-state index is 0. The third-order valence-electron chi connectivity index (χ3n) is 3.44. The molecule has 0 aromatic rings. The molecule has 2 aliphatic rings. The molecule has 1 saturated heterocycles. The monoisotopic (exact) mass is 197 g/mol. The highest BCUT2D eigenvalue weighted by molar-refractivity contribution is 5.81. The SMILES string of the molecule is CC(C)C1CCN(C2=NCCN2)CC1.[HH]. The van der Waals surface area contributed by atoms with Crippen molar-refractivity contribution in [2.24, 2.45) is 16.8 Å². The van der Waals surface area contributed by atoms with Crippen molar-refractivity contribution in [1.29, 1.82) is 0 Å². The molecular formula is C11H23N3. The van der Waals surface area contributed by atoms with Crippen LogP contribution in [-0.4, -0.2) is 37.0 Å². The molecule has 0 spiro atoms. The van der Waals surface area contributed by atoms with Gasteiger partial charge >= 0.3 is 0 Å². The molecule has 2 rings (SSSR count). The Balaban J connectivity index is 0.00000112. The van der Waals surface area contributed by atoms with Crippen LogP contribution in [0.15, 0.2) is 4.99 Å². The number of hydrogen-bond acceptors (Lipinski definition) is 3. The summed E-state index contributed by atoms with van der Waals surface area (Å²) >= 11 is 0. The molecule has 3 nitrogen and oxygen atoms in total. The smallest absolute Gasteiger partial charge is 0.194 e. The molecule has 2 heterocycles. The van der Waals surface area contributed by atoms with Crippen LogP contribution < -0.4 is 5.32 Å². The number of nitrogens with zero attached hydrogens (tertiary/aromatic N) is 2. The molecule has 82 valence electrons. The molecule has 0 aromatic heterocycles. The second-order valence-electron chi connectivity index (χ2n) is 4.70. The number of nitrogens with one attached hydrogen (secondary N) is 1. The Kier molecular flexibility index (Phi) is 2.94. The van der Waals surface area contributed by atoms with E-state index in [1.54, 1.807) is 0 Å². The van der Waals surface area contributed by atoms with Crippen molar-refractivity contribution in [1.82, 2.24) is 10.2 Å². The predicted octanol–water partition coefficient (Wildman–Crippen LogP) is 1.56. The standard InChI is InChI=1S/C11H21N3.H2/c1-9(2)10-3-7-14(8-4-10)11-12-5-6-13-11;/h9-10H,3-8H2,1-2H3,(H,12,13);1H. The quantitative estimate of drug-likeness (QED) is 0.691. The topological polar surface area (TPSA) is 27.6 Å². The van der Waals surface area contributed by atoms with Crippen molar-refractivity contribution in [3.63, 3.8) is 0 Å². The lowest BCUT2D eigenvalue weighted by atomic mass is 9.87. The van der Waals surface area contributed by atoms with Crippen LogP contribution in [-0.2, 0) is 0 Å². The third-order valence-corrected chi connectivity index (χ3v) is 3.44. The Bertz CT molecular complexity index is 220. The van der Waals surface area contributed by atoms with E-state index in [-0.39, 0.29) is 1.43 Å². The maximum Gasteiger partial charge on any atom is 0.194 e. The van der Waals surface area contributed by atoms with Gasteiger partial charge in [-0.25, -0.2) is 0 Å². The summed E-state index contributed by atoms with van der Waals surface area (Å²) in [6.45, 7) is 9.04. The maximum absolute atomic E-state index is 4.46. The molecule has 0 radical (unpaired) electrons. The Labute approximate surface area is 88.1 Å². The molecular weight excluding hydrogens is 174 g/mol. The van der Waals surface area contributed by atoms with E-state index in [9.17, 15) is 0 Å². The summed E-state index contributed by atoms with van der Waals surface area (Å²) in [7, 11) is 0. The number of rotatable bonds is 1. The first kappa shape index (κ1) is 9.81. The maximum atomic E-state index is 4.46. The molecule has 14 heavy (non-hydrogen) atoms. The van der Waals surface area contributed by atoms with Gasteiger partial charge in [-0.2, -0.15) is 0 Å². The molecule has 0 atom stereocenters. The van der Waals surface area contributed by atoms with Gasteiger partial charge in [0.15, 0.2) is 5.96 Å². The Hall–Kier alpha value is -0.730. The fourth-order valence-corrected chi connectivity index (χ4v) is 2.38. The number of hydrogen-bond donors (Lipinski definition) is 1. The number of piperidine rings is 1. The van der Waals surface area contributed by atoms with E-state index in [1.165, 1.54) is 25.9 Å². The highest BCUT2D eigenvalue weighted by atomic mass is 15.3. The lowest BCUT2D eigenvalue weighted by Gasteiger charge is -2.34. The Morgan fingerprint density at radius 3 is 2.64 bits per heavy atom. The van der Waals surface area contributed by atoms with Crippen molar-refractivity contribution in [2.75, 3.05) is 26.2 Å². The number of aliphatic imine (C=N–C) groups is 1. The van der Waals surface area contributed by atoms with Crippen LogP contribution in [0.4, 0.5) is 0 Å². The van der Waals surface area contributed by atoms with Gasteiger partial charge < -0.3 is 10.2 Å². The molecule has 2 aliphatic heterocycles. The summed E-state index contributed by atoms with van der Waals surface area (Å²) in [5, 5.41) is 3.35. The predicted molar refractivity (Wildman–Crippen MR) is 61.6 cm³/mol. The summed E-state index contributed by atoms with van der Waals surface area (Å²) in [5.74, 6) is 2.91. The summed E-state index contributed by atoms with van der Waals surface area (Å²) in [5.41, 5.74) is 0. The van der Waals surface area contributed by atoms with Crippen LogP contribution in [0.2, 0.25) is 0 Å². The molecule has 0 unspecified atom stereocenters. The fraction of sp³-hybridized carbons (Fsp3) is 0.909. The van der Waals surface area contributed by atoms with E-state index < -0.39 is 0 Å². The zero-order valence-electron chi connectivity index (χ0n) is 9.29. The number of guanidine groups is 1. The van der Waals surface area contributed by atoms with Crippen LogP contribution in [0.3, 0.4) is 0 Å². The molecule has 0 aliphatic carbocycles. The zero-order chi connectivity index (χ0) is 9.97. The van der Waals surface area contributed by atoms with Gasteiger partial charge in [-0.1, -0.05) is 13.8 Å². The van der Waals surface area contributed by atoms with E-state index in [2.05, 4.69) is 29.1 Å². The van der Waals surface area contributed by atoms with Gasteiger partial charge in [0.25, 0.3) is 0 Å². The van der Waals surface area contributed by atoms with Crippen molar-refractivity contribution in [3.8, 4) is 0 Å². The number of likely N-dealkylation sites (tertiary alicyclic amines) is 1. The lowest BCUT2D eigenvalue weighted by molar-refractivity contribution is 0.217. The average Bonchev–Trinajstić information content (AvgIpc) is 2.71. The van der Waals surface area contributed by atoms with E-state index in [4.69, 9.17) is 0 Å². The van der Waals surface area contributed by atoms with Crippen LogP contribution in [0.25, 0.3) is 0 Å². The van der Waals surface area contributed by atoms with E-state index in [0.717, 1.165) is 30.9 Å². The highest BCUT2D eigenvalue weighted by Crippen LogP contribution is 2.24. The minimum atomic E-state index is 0. The van der Waals surface area contributed by atoms with E-state index in [1.807, 2.05) is 0 Å². The second-order valence-corrected chi connectivity index (χ2v) is 4.70. The molecule has 0 saturated carbocycles. The summed E-state index contributed by atoms with van der Waals surface area (Å²) in [6.07, 6.45) is 2.66. The average molecular weight is 197 g/mol. The summed E-state index contributed by atoms with van der Waals surface area (Å²) in [6, 6.07) is 0. The van der Waals surface area contributed by atoms with Gasteiger partial charge in [0.05, 0.1) is 6.54 Å². The summed E-state index contributed by atoms with van der Waals surface area (Å²) < 4.78 is 0. The van der Waals surface area contributed by atoms with Gasteiger partial charge in [0, 0.05) is 21.1 Å². The van der Waals surface area contributed by atoms with Crippen LogP contribution in [0, 0.1) is 11.8 Å². The third kappa shape index (κ3) is 2.02. The van der Waals surface area contributed by atoms with Gasteiger partial charge in [0.1, 0.15) is 0 Å². The molecule has 1 fully saturated rings. The second kappa shape index (κ2) is 4.20. The lowest BCUT2D eigenvalue weighted by Crippen LogP contribution is -2.44. The first-order valence-electron chi connectivity index (χ1n) is 5.80. The van der Waals surface area contributed by atoms with Crippen molar-refractivity contribution >= 4 is 5.96 Å². The highest BCUT2D eigenvalue weighted by Gasteiger charge is 2.24. The fourth-order valence-electron chi connectivity index (χ4n) is 2.38. The van der Waals surface area contributed by atoms with Gasteiger partial charge in [0.2, 0.25) is 0 Å². The first-order valence-corrected chi connectivity index (χ1v) is 5.80. The van der Waals surface area contributed by atoms with Crippen LogP contribution >= 0.6 is 0 Å². The van der Waals surface area contributed by atoms with Gasteiger partial charge in [-0.15, -0.1) is 0 Å².